The van der Waals surface area contributed by atoms with E-state index >= 15 is 0 Å². The van der Waals surface area contributed by atoms with Crippen LogP contribution in [-0.2, 0) is 16.1 Å². The van der Waals surface area contributed by atoms with Crippen LogP contribution in [0.15, 0.2) is 63.8 Å². The maximum atomic E-state index is 12.6. The summed E-state index contributed by atoms with van der Waals surface area (Å²) >= 11 is 0. The third kappa shape index (κ3) is 4.73. The van der Waals surface area contributed by atoms with Crippen LogP contribution < -0.4 is 10.2 Å². The lowest BCUT2D eigenvalue weighted by Crippen LogP contribution is -2.33. The zero-order valence-corrected chi connectivity index (χ0v) is 16.0. The summed E-state index contributed by atoms with van der Waals surface area (Å²) in [5.41, 5.74) is 0.968. The highest BCUT2D eigenvalue weighted by atomic mass is 16.5. The monoisotopic (exact) mass is 396 g/mol. The molecule has 1 N–H and O–H groups in total. The predicted molar refractivity (Wildman–Crippen MR) is 103 cm³/mol. The number of likely N-dealkylation sites (N-methyl/N-ethyl adjacent to an activating group) is 1. The van der Waals surface area contributed by atoms with Crippen molar-refractivity contribution in [1.82, 2.24) is 5.32 Å². The van der Waals surface area contributed by atoms with E-state index in [-0.39, 0.29) is 18.0 Å². The molecule has 0 spiro atoms. The lowest BCUT2D eigenvalue weighted by Gasteiger charge is -2.20. The number of carbonyl (C=O) groups excluding carboxylic acids is 3. The average molecular weight is 396 g/mol. The van der Waals surface area contributed by atoms with Crippen molar-refractivity contribution >= 4 is 23.5 Å². The summed E-state index contributed by atoms with van der Waals surface area (Å²) in [5.74, 6) is -0.466. The molecule has 0 atom stereocenters. The number of aryl methyl sites for hydroxylation is 1. The van der Waals surface area contributed by atoms with Gasteiger partial charge in [0.05, 0.1) is 30.3 Å². The van der Waals surface area contributed by atoms with Gasteiger partial charge in [0, 0.05) is 7.05 Å². The van der Waals surface area contributed by atoms with Gasteiger partial charge < -0.3 is 23.8 Å². The van der Waals surface area contributed by atoms with E-state index in [9.17, 15) is 14.4 Å². The molecule has 0 aliphatic carbocycles. The lowest BCUT2D eigenvalue weighted by atomic mass is 10.1. The van der Waals surface area contributed by atoms with Crippen molar-refractivity contribution < 1.29 is 28.0 Å². The Morgan fingerprint density at radius 1 is 1.00 bits per heavy atom. The van der Waals surface area contributed by atoms with Gasteiger partial charge in [-0.15, -0.1) is 0 Å². The van der Waals surface area contributed by atoms with Gasteiger partial charge in [-0.05, 0) is 37.3 Å². The highest BCUT2D eigenvalue weighted by Crippen LogP contribution is 2.20. The van der Waals surface area contributed by atoms with Crippen LogP contribution in [-0.4, -0.2) is 31.4 Å². The number of nitrogens with one attached hydrogen (secondary N) is 1. The van der Waals surface area contributed by atoms with Crippen LogP contribution >= 0.6 is 0 Å². The summed E-state index contributed by atoms with van der Waals surface area (Å²) in [6, 6.07) is 11.6. The van der Waals surface area contributed by atoms with Crippen LogP contribution in [0.25, 0.3) is 0 Å². The van der Waals surface area contributed by atoms with Gasteiger partial charge in [0.1, 0.15) is 17.1 Å². The number of ether oxygens (including phenoxy) is 1. The number of carbonyl (C=O) groups is 3. The Kier molecular flexibility index (Phi) is 6.13. The summed E-state index contributed by atoms with van der Waals surface area (Å²) in [7, 11) is 1.51. The van der Waals surface area contributed by atoms with Crippen molar-refractivity contribution in [2.24, 2.45) is 0 Å². The Bertz CT molecular complexity index is 1010. The number of hydrogen-bond acceptors (Lipinski definition) is 6. The van der Waals surface area contributed by atoms with E-state index < -0.39 is 18.5 Å². The van der Waals surface area contributed by atoms with Gasteiger partial charge >= 0.3 is 5.97 Å². The zero-order chi connectivity index (χ0) is 20.8. The standard InChI is InChI=1S/C21H20N2O6/c1-14-16(9-11-27-14)21(26)29-13-19(24)23(2)18-8-4-3-7-17(18)20(25)22-12-15-6-5-10-28-15/h3-11H,12-13H2,1-2H3,(H,22,25). The molecule has 150 valence electrons. The zero-order valence-electron chi connectivity index (χ0n) is 16.0. The molecule has 0 saturated heterocycles. The summed E-state index contributed by atoms with van der Waals surface area (Å²) < 4.78 is 15.3. The van der Waals surface area contributed by atoms with Crippen molar-refractivity contribution in [2.75, 3.05) is 18.6 Å². The molecule has 0 unspecified atom stereocenters. The first-order valence-electron chi connectivity index (χ1n) is 8.84. The topological polar surface area (TPSA) is 102 Å². The van der Waals surface area contributed by atoms with E-state index in [1.807, 2.05) is 0 Å². The Morgan fingerprint density at radius 3 is 2.48 bits per heavy atom. The van der Waals surface area contributed by atoms with Crippen molar-refractivity contribution in [3.8, 4) is 0 Å². The number of anilines is 1. The fourth-order valence-electron chi connectivity index (χ4n) is 2.67. The summed E-state index contributed by atoms with van der Waals surface area (Å²) in [5, 5.41) is 2.74. The smallest absolute Gasteiger partial charge is 0.342 e. The van der Waals surface area contributed by atoms with Crippen LogP contribution in [0.2, 0.25) is 0 Å². The molecule has 0 aliphatic heterocycles. The molecule has 29 heavy (non-hydrogen) atoms. The second-order valence-electron chi connectivity index (χ2n) is 6.20. The number of para-hydroxylation sites is 1. The second-order valence-corrected chi connectivity index (χ2v) is 6.20. The molecule has 1 aromatic carbocycles. The van der Waals surface area contributed by atoms with E-state index in [2.05, 4.69) is 5.32 Å². The van der Waals surface area contributed by atoms with Gasteiger partial charge in [-0.25, -0.2) is 4.79 Å². The third-order valence-electron chi connectivity index (χ3n) is 4.29. The minimum atomic E-state index is -0.650. The molecule has 2 aromatic heterocycles. The van der Waals surface area contributed by atoms with Gasteiger partial charge in [-0.2, -0.15) is 0 Å². The molecular formula is C21H20N2O6. The summed E-state index contributed by atoms with van der Waals surface area (Å²) in [4.78, 5) is 38.4. The first kappa shape index (κ1) is 19.9. The molecule has 3 aromatic rings. The van der Waals surface area contributed by atoms with E-state index in [1.165, 1.54) is 30.5 Å². The SMILES string of the molecule is Cc1occc1C(=O)OCC(=O)N(C)c1ccccc1C(=O)NCc1ccco1. The minimum Gasteiger partial charge on any atom is -0.469 e. The Hall–Kier alpha value is -3.81. The molecule has 8 heteroatoms. The molecule has 0 saturated carbocycles. The summed E-state index contributed by atoms with van der Waals surface area (Å²) in [6.45, 7) is 1.38. The first-order chi connectivity index (χ1) is 14.0. The quantitative estimate of drug-likeness (QED) is 0.616. The predicted octanol–water partition coefficient (Wildman–Crippen LogP) is 2.93. The van der Waals surface area contributed by atoms with Crippen LogP contribution in [0.5, 0.6) is 0 Å². The Morgan fingerprint density at radius 2 is 1.79 bits per heavy atom. The molecule has 8 nitrogen and oxygen atoms in total. The van der Waals surface area contributed by atoms with Gasteiger partial charge in [0.25, 0.3) is 11.8 Å². The Balaban J connectivity index is 1.64. The lowest BCUT2D eigenvalue weighted by molar-refractivity contribution is -0.121. The maximum Gasteiger partial charge on any atom is 0.342 e. The number of amides is 2. The fraction of sp³-hybridized carbons (Fsp3) is 0.190. The fourth-order valence-corrected chi connectivity index (χ4v) is 2.67. The second kappa shape index (κ2) is 8.92. The van der Waals surface area contributed by atoms with E-state index in [0.717, 1.165) is 0 Å². The molecule has 0 bridgehead atoms. The van der Waals surface area contributed by atoms with Gasteiger partial charge in [-0.3, -0.25) is 9.59 Å². The van der Waals surface area contributed by atoms with Gasteiger partial charge in [-0.1, -0.05) is 12.1 Å². The minimum absolute atomic E-state index is 0.222. The normalized spacial score (nSPS) is 10.4. The number of furan rings is 2. The van der Waals surface area contributed by atoms with Crippen molar-refractivity contribution in [3.05, 3.63) is 77.6 Å². The van der Waals surface area contributed by atoms with Crippen LogP contribution in [0.4, 0.5) is 5.69 Å². The van der Waals surface area contributed by atoms with E-state index in [1.54, 1.807) is 43.3 Å². The molecular weight excluding hydrogens is 376 g/mol. The first-order valence-corrected chi connectivity index (χ1v) is 8.84. The molecule has 0 aliphatic rings. The van der Waals surface area contributed by atoms with Crippen LogP contribution in [0.1, 0.15) is 32.2 Å². The third-order valence-corrected chi connectivity index (χ3v) is 4.29. The molecule has 2 amide bonds. The van der Waals surface area contributed by atoms with E-state index in [0.29, 0.717) is 22.8 Å². The molecule has 0 fully saturated rings. The molecule has 0 radical (unpaired) electrons. The maximum absolute atomic E-state index is 12.6. The molecule has 3 rings (SSSR count). The van der Waals surface area contributed by atoms with Gasteiger partial charge in [0.2, 0.25) is 0 Å². The number of benzene rings is 1. The number of nitrogens with zero attached hydrogens (tertiary/aromatic N) is 1. The van der Waals surface area contributed by atoms with Gasteiger partial charge in [0.15, 0.2) is 6.61 Å². The van der Waals surface area contributed by atoms with Crippen LogP contribution in [0.3, 0.4) is 0 Å². The van der Waals surface area contributed by atoms with Crippen molar-refractivity contribution in [3.63, 3.8) is 0 Å². The average Bonchev–Trinajstić information content (AvgIpc) is 3.41. The number of hydrogen-bond donors (Lipinski definition) is 1. The highest BCUT2D eigenvalue weighted by molar-refractivity contribution is 6.05. The number of esters is 1. The number of rotatable bonds is 7. The Labute approximate surface area is 167 Å². The molecule has 2 heterocycles. The van der Waals surface area contributed by atoms with Crippen molar-refractivity contribution in [1.29, 1.82) is 0 Å². The highest BCUT2D eigenvalue weighted by Gasteiger charge is 2.21. The van der Waals surface area contributed by atoms with E-state index in [4.69, 9.17) is 13.6 Å². The van der Waals surface area contributed by atoms with Crippen LogP contribution in [0, 0.1) is 6.92 Å². The summed E-state index contributed by atoms with van der Waals surface area (Å²) in [6.07, 6.45) is 2.89. The van der Waals surface area contributed by atoms with Crippen molar-refractivity contribution in [2.45, 2.75) is 13.5 Å². The largest absolute Gasteiger partial charge is 0.469 e.